The molecule has 0 saturated carbocycles. The topological polar surface area (TPSA) is 50.3 Å². The molecule has 2 aromatic rings. The summed E-state index contributed by atoms with van der Waals surface area (Å²) in [5.41, 5.74) is 2.20. The average molecular weight is 340 g/mol. The first-order chi connectivity index (χ1) is 12.2. The summed E-state index contributed by atoms with van der Waals surface area (Å²) in [6.07, 6.45) is 3.41. The van der Waals surface area contributed by atoms with Crippen molar-refractivity contribution in [3.63, 3.8) is 0 Å². The number of hydrogen-bond acceptors (Lipinski definition) is 5. The van der Waals surface area contributed by atoms with Gasteiger partial charge in [0.25, 0.3) is 0 Å². The number of aryl methyl sites for hydroxylation is 1. The first-order valence-corrected chi connectivity index (χ1v) is 9.12. The molecule has 1 aromatic heterocycles. The summed E-state index contributed by atoms with van der Waals surface area (Å²) in [6.45, 7) is 7.24. The zero-order chi connectivity index (χ0) is 17.6. The molecule has 5 heteroatoms. The van der Waals surface area contributed by atoms with Crippen LogP contribution in [0.5, 0.6) is 5.75 Å². The molecular weight excluding hydrogens is 312 g/mol. The molecule has 0 amide bonds. The second-order valence-corrected chi connectivity index (χ2v) is 6.88. The van der Waals surface area contributed by atoms with Crippen molar-refractivity contribution in [2.75, 3.05) is 37.0 Å². The van der Waals surface area contributed by atoms with E-state index in [1.807, 2.05) is 31.2 Å². The highest BCUT2D eigenvalue weighted by atomic mass is 16.5. The number of hydrogen-bond donors (Lipinski definition) is 1. The Labute approximate surface area is 150 Å². The number of para-hydroxylation sites is 1. The molecule has 1 aliphatic heterocycles. The Bertz CT molecular complexity index is 704. The monoisotopic (exact) mass is 340 g/mol. The van der Waals surface area contributed by atoms with Crippen molar-refractivity contribution in [1.29, 1.82) is 0 Å². The lowest BCUT2D eigenvalue weighted by Crippen LogP contribution is -2.35. The third-order valence-electron chi connectivity index (χ3n) is 4.68. The number of anilines is 2. The minimum atomic E-state index is 0.708. The Morgan fingerprint density at radius 2 is 2.12 bits per heavy atom. The first kappa shape index (κ1) is 17.5. The molecule has 1 aliphatic rings. The van der Waals surface area contributed by atoms with Crippen LogP contribution in [0.2, 0.25) is 0 Å². The normalized spacial score (nSPS) is 17.4. The molecule has 0 radical (unpaired) electrons. The number of methoxy groups -OCH3 is 1. The van der Waals surface area contributed by atoms with Crippen molar-refractivity contribution in [3.05, 3.63) is 41.6 Å². The molecule has 5 nitrogen and oxygen atoms in total. The molecule has 3 rings (SSSR count). The van der Waals surface area contributed by atoms with Crippen LogP contribution < -0.4 is 15.0 Å². The average Bonchev–Trinajstić information content (AvgIpc) is 2.62. The van der Waals surface area contributed by atoms with Gasteiger partial charge in [0.15, 0.2) is 0 Å². The van der Waals surface area contributed by atoms with Crippen molar-refractivity contribution in [2.24, 2.45) is 5.92 Å². The third kappa shape index (κ3) is 4.62. The van der Waals surface area contributed by atoms with E-state index < -0.39 is 0 Å². The largest absolute Gasteiger partial charge is 0.496 e. The second-order valence-electron chi connectivity index (χ2n) is 6.88. The number of benzene rings is 1. The highest BCUT2D eigenvalue weighted by Crippen LogP contribution is 2.22. The fourth-order valence-corrected chi connectivity index (χ4v) is 3.39. The van der Waals surface area contributed by atoms with Gasteiger partial charge in [-0.2, -0.15) is 4.98 Å². The first-order valence-electron chi connectivity index (χ1n) is 9.12. The lowest BCUT2D eigenvalue weighted by Gasteiger charge is -2.31. The zero-order valence-corrected chi connectivity index (χ0v) is 15.5. The lowest BCUT2D eigenvalue weighted by atomic mass is 10.0. The van der Waals surface area contributed by atoms with Crippen LogP contribution in [0.1, 0.15) is 31.0 Å². The van der Waals surface area contributed by atoms with Crippen LogP contribution in [-0.4, -0.2) is 36.7 Å². The van der Waals surface area contributed by atoms with Crippen LogP contribution in [0.3, 0.4) is 0 Å². The zero-order valence-electron chi connectivity index (χ0n) is 15.5. The van der Waals surface area contributed by atoms with Crippen molar-refractivity contribution >= 4 is 11.8 Å². The number of rotatable bonds is 6. The molecule has 1 fully saturated rings. The van der Waals surface area contributed by atoms with E-state index in [9.17, 15) is 0 Å². The van der Waals surface area contributed by atoms with Gasteiger partial charge >= 0.3 is 0 Å². The van der Waals surface area contributed by atoms with E-state index in [2.05, 4.69) is 28.2 Å². The summed E-state index contributed by atoms with van der Waals surface area (Å²) < 4.78 is 5.42. The van der Waals surface area contributed by atoms with Crippen molar-refractivity contribution in [3.8, 4) is 5.75 Å². The van der Waals surface area contributed by atoms with E-state index >= 15 is 0 Å². The maximum Gasteiger partial charge on any atom is 0.227 e. The minimum absolute atomic E-state index is 0.708. The molecule has 134 valence electrons. The fraction of sp³-hybridized carbons (Fsp3) is 0.500. The van der Waals surface area contributed by atoms with Crippen LogP contribution in [0.4, 0.5) is 11.8 Å². The van der Waals surface area contributed by atoms with Crippen LogP contribution >= 0.6 is 0 Å². The predicted octanol–water partition coefficient (Wildman–Crippen LogP) is 3.68. The van der Waals surface area contributed by atoms with Crippen molar-refractivity contribution in [1.82, 2.24) is 9.97 Å². The SMILES string of the molecule is COc1ccccc1CCNc1cc(C)nc(N2CCCC(C)C2)n1. The van der Waals surface area contributed by atoms with E-state index in [0.717, 1.165) is 49.3 Å². The van der Waals surface area contributed by atoms with Gasteiger partial charge in [-0.25, -0.2) is 4.98 Å². The number of nitrogens with zero attached hydrogens (tertiary/aromatic N) is 3. The highest BCUT2D eigenvalue weighted by Gasteiger charge is 2.19. The van der Waals surface area contributed by atoms with Crippen LogP contribution in [0, 0.1) is 12.8 Å². The summed E-state index contributed by atoms with van der Waals surface area (Å²) in [4.78, 5) is 11.7. The molecule has 1 N–H and O–H groups in total. The van der Waals surface area contributed by atoms with Gasteiger partial charge in [-0.05, 0) is 43.7 Å². The summed E-state index contributed by atoms with van der Waals surface area (Å²) >= 11 is 0. The Morgan fingerprint density at radius 3 is 2.92 bits per heavy atom. The fourth-order valence-electron chi connectivity index (χ4n) is 3.39. The molecule has 25 heavy (non-hydrogen) atoms. The molecule has 1 unspecified atom stereocenters. The van der Waals surface area contributed by atoms with Crippen LogP contribution in [-0.2, 0) is 6.42 Å². The highest BCUT2D eigenvalue weighted by molar-refractivity contribution is 5.44. The number of piperidine rings is 1. The van der Waals surface area contributed by atoms with E-state index in [4.69, 9.17) is 9.72 Å². The second kappa shape index (κ2) is 8.19. The molecular formula is C20H28N4O. The van der Waals surface area contributed by atoms with Crippen molar-refractivity contribution in [2.45, 2.75) is 33.1 Å². The molecule has 0 aliphatic carbocycles. The summed E-state index contributed by atoms with van der Waals surface area (Å²) in [5.74, 6) is 3.40. The molecule has 1 saturated heterocycles. The summed E-state index contributed by atoms with van der Waals surface area (Å²) in [6, 6.07) is 10.2. The van der Waals surface area contributed by atoms with Gasteiger partial charge in [0.05, 0.1) is 7.11 Å². The molecule has 1 aromatic carbocycles. The van der Waals surface area contributed by atoms with Gasteiger partial charge in [-0.1, -0.05) is 25.1 Å². The van der Waals surface area contributed by atoms with Gasteiger partial charge < -0.3 is 15.0 Å². The summed E-state index contributed by atoms with van der Waals surface area (Å²) in [7, 11) is 1.71. The van der Waals surface area contributed by atoms with Gasteiger partial charge in [0, 0.05) is 31.4 Å². The Morgan fingerprint density at radius 1 is 1.28 bits per heavy atom. The number of aromatic nitrogens is 2. The Kier molecular flexibility index (Phi) is 5.74. The Hall–Kier alpha value is -2.30. The van der Waals surface area contributed by atoms with Crippen molar-refractivity contribution < 1.29 is 4.74 Å². The van der Waals surface area contributed by atoms with Crippen LogP contribution in [0.15, 0.2) is 30.3 Å². The van der Waals surface area contributed by atoms with Gasteiger partial charge in [-0.3, -0.25) is 0 Å². The van der Waals surface area contributed by atoms with Crippen LogP contribution in [0.25, 0.3) is 0 Å². The number of ether oxygens (including phenoxy) is 1. The quantitative estimate of drug-likeness (QED) is 0.869. The maximum atomic E-state index is 5.42. The molecule has 1 atom stereocenters. The van der Waals surface area contributed by atoms with Gasteiger partial charge in [0.1, 0.15) is 11.6 Å². The lowest BCUT2D eigenvalue weighted by molar-refractivity contribution is 0.410. The number of nitrogens with one attached hydrogen (secondary N) is 1. The van der Waals surface area contributed by atoms with Gasteiger partial charge in [-0.15, -0.1) is 0 Å². The standard InChI is InChI=1S/C20H28N4O/c1-15-7-6-12-24(14-15)20-22-16(2)13-19(23-20)21-11-10-17-8-4-5-9-18(17)25-3/h4-5,8-9,13,15H,6-7,10-12,14H2,1-3H3,(H,21,22,23). The molecule has 0 spiro atoms. The van der Waals surface area contributed by atoms with E-state index in [1.54, 1.807) is 7.11 Å². The molecule has 2 heterocycles. The molecule has 0 bridgehead atoms. The minimum Gasteiger partial charge on any atom is -0.496 e. The van der Waals surface area contributed by atoms with E-state index in [0.29, 0.717) is 5.92 Å². The maximum absolute atomic E-state index is 5.42. The predicted molar refractivity (Wildman–Crippen MR) is 103 cm³/mol. The van der Waals surface area contributed by atoms with Gasteiger partial charge in [0.2, 0.25) is 5.95 Å². The van der Waals surface area contributed by atoms with E-state index in [1.165, 1.54) is 18.4 Å². The van der Waals surface area contributed by atoms with E-state index in [-0.39, 0.29) is 0 Å². The summed E-state index contributed by atoms with van der Waals surface area (Å²) in [5, 5.41) is 3.44. The Balaban J connectivity index is 1.64. The third-order valence-corrected chi connectivity index (χ3v) is 4.68. The smallest absolute Gasteiger partial charge is 0.227 e.